The Balaban J connectivity index is 2.50. The Bertz CT molecular complexity index is 687. The minimum Gasteiger partial charge on any atom is -0.218 e. The van der Waals surface area contributed by atoms with Crippen molar-refractivity contribution in [3.63, 3.8) is 0 Å². The van der Waals surface area contributed by atoms with Crippen LogP contribution in [0.5, 0.6) is 0 Å². The second-order valence-corrected chi connectivity index (χ2v) is 5.66. The molecule has 94 valence electrons. The minimum absolute atomic E-state index is 0.229. The summed E-state index contributed by atoms with van der Waals surface area (Å²) in [5.74, 6) is -1.35. The molecule has 0 saturated heterocycles. The van der Waals surface area contributed by atoms with Crippen molar-refractivity contribution >= 4 is 26.2 Å². The van der Waals surface area contributed by atoms with Crippen molar-refractivity contribution in [3.05, 3.63) is 46.8 Å². The molecule has 0 atom stereocenters. The first kappa shape index (κ1) is 13.1. The molecule has 2 rings (SSSR count). The van der Waals surface area contributed by atoms with Gasteiger partial charge < -0.3 is 0 Å². The van der Waals surface area contributed by atoms with E-state index in [9.17, 15) is 16.7 Å². The number of halogens is 3. The molecule has 0 spiro atoms. The Morgan fingerprint density at radius 2 is 1.67 bits per heavy atom. The van der Waals surface area contributed by atoms with Crippen molar-refractivity contribution in [1.29, 1.82) is 0 Å². The minimum atomic E-state index is -5.08. The number of pyridine rings is 1. The smallest absolute Gasteiger partial charge is 0.218 e. The van der Waals surface area contributed by atoms with Gasteiger partial charge in [-0.1, -0.05) is 28.1 Å². The van der Waals surface area contributed by atoms with Gasteiger partial charge in [0.2, 0.25) is 5.95 Å². The zero-order chi connectivity index (χ0) is 13.3. The molecule has 2 aromatic rings. The molecule has 18 heavy (non-hydrogen) atoms. The van der Waals surface area contributed by atoms with E-state index in [2.05, 4.69) is 20.9 Å². The van der Waals surface area contributed by atoms with Crippen molar-refractivity contribution < 1.29 is 16.7 Å². The van der Waals surface area contributed by atoms with E-state index in [0.717, 1.165) is 10.5 Å². The van der Waals surface area contributed by atoms with Crippen LogP contribution in [0.25, 0.3) is 11.3 Å². The molecular formula is C11H6BrF2NO2S. The van der Waals surface area contributed by atoms with E-state index >= 15 is 0 Å². The average molecular weight is 334 g/mol. The molecule has 7 heteroatoms. The predicted molar refractivity (Wildman–Crippen MR) is 65.6 cm³/mol. The van der Waals surface area contributed by atoms with Gasteiger partial charge in [-0.25, -0.2) is 4.98 Å². The fourth-order valence-electron chi connectivity index (χ4n) is 1.38. The van der Waals surface area contributed by atoms with Crippen LogP contribution in [0.2, 0.25) is 0 Å². The highest BCUT2D eigenvalue weighted by molar-refractivity contribution is 9.10. The summed E-state index contributed by atoms with van der Waals surface area (Å²) in [5, 5.41) is 0. The van der Waals surface area contributed by atoms with Gasteiger partial charge in [-0.3, -0.25) is 0 Å². The lowest BCUT2D eigenvalue weighted by Gasteiger charge is -2.03. The van der Waals surface area contributed by atoms with E-state index in [4.69, 9.17) is 0 Å². The third-order valence-corrected chi connectivity index (χ3v) is 3.58. The molecule has 3 nitrogen and oxygen atoms in total. The molecule has 0 radical (unpaired) electrons. The van der Waals surface area contributed by atoms with Gasteiger partial charge in [-0.15, -0.1) is 3.89 Å². The molecule has 0 unspecified atom stereocenters. The molecule has 0 aliphatic carbocycles. The largest absolute Gasteiger partial charge is 0.336 e. The topological polar surface area (TPSA) is 47.0 Å². The van der Waals surface area contributed by atoms with Crippen LogP contribution in [-0.2, 0) is 10.2 Å². The van der Waals surface area contributed by atoms with Gasteiger partial charge in [0.25, 0.3) is 0 Å². The summed E-state index contributed by atoms with van der Waals surface area (Å²) >= 11 is 3.25. The zero-order valence-corrected chi connectivity index (χ0v) is 11.2. The number of hydrogen-bond donors (Lipinski definition) is 0. The Morgan fingerprint density at radius 3 is 2.17 bits per heavy atom. The van der Waals surface area contributed by atoms with E-state index in [1.807, 2.05) is 0 Å². The standard InChI is InChI=1S/C11H6BrF2NO2S/c12-8-3-1-7(2-4-8)9-5-6-10(11(13)15-9)18(14,16)17/h1-6H. The Morgan fingerprint density at radius 1 is 1.06 bits per heavy atom. The van der Waals surface area contributed by atoms with Gasteiger partial charge in [0.15, 0.2) is 4.90 Å². The molecule has 0 aliphatic rings. The van der Waals surface area contributed by atoms with Crippen LogP contribution in [0.1, 0.15) is 0 Å². The molecule has 0 amide bonds. The van der Waals surface area contributed by atoms with Crippen LogP contribution in [0, 0.1) is 5.95 Å². The third-order valence-electron chi connectivity index (χ3n) is 2.22. The highest BCUT2D eigenvalue weighted by atomic mass is 79.9. The van der Waals surface area contributed by atoms with E-state index in [0.29, 0.717) is 5.56 Å². The van der Waals surface area contributed by atoms with Crippen LogP contribution >= 0.6 is 15.9 Å². The number of rotatable bonds is 2. The van der Waals surface area contributed by atoms with Crippen molar-refractivity contribution in [2.75, 3.05) is 0 Å². The summed E-state index contributed by atoms with van der Waals surface area (Å²) < 4.78 is 48.1. The number of nitrogens with zero attached hydrogens (tertiary/aromatic N) is 1. The van der Waals surface area contributed by atoms with Crippen LogP contribution < -0.4 is 0 Å². The molecule has 1 aromatic heterocycles. The first-order chi connectivity index (χ1) is 8.38. The summed E-state index contributed by atoms with van der Waals surface area (Å²) in [7, 11) is -5.08. The lowest BCUT2D eigenvalue weighted by atomic mass is 10.1. The van der Waals surface area contributed by atoms with Crippen LogP contribution in [0.3, 0.4) is 0 Å². The Hall–Kier alpha value is -1.34. The first-order valence-corrected chi connectivity index (χ1v) is 6.93. The number of hydrogen-bond acceptors (Lipinski definition) is 3. The molecular weight excluding hydrogens is 328 g/mol. The molecule has 0 aliphatic heterocycles. The van der Waals surface area contributed by atoms with E-state index < -0.39 is 21.1 Å². The van der Waals surface area contributed by atoms with Crippen molar-refractivity contribution in [2.45, 2.75) is 4.90 Å². The molecule has 0 fully saturated rings. The maximum absolute atomic E-state index is 13.4. The monoisotopic (exact) mass is 333 g/mol. The predicted octanol–water partition coefficient (Wildman–Crippen LogP) is 3.31. The molecule has 1 aromatic carbocycles. The summed E-state index contributed by atoms with van der Waals surface area (Å²) in [6, 6.07) is 8.92. The molecule has 0 bridgehead atoms. The highest BCUT2D eigenvalue weighted by Gasteiger charge is 2.19. The molecule has 1 heterocycles. The lowest BCUT2D eigenvalue weighted by Crippen LogP contribution is -2.00. The third kappa shape index (κ3) is 2.73. The molecule has 0 N–H and O–H groups in total. The van der Waals surface area contributed by atoms with Gasteiger partial charge in [0.05, 0.1) is 5.69 Å². The fourth-order valence-corrected chi connectivity index (χ4v) is 2.13. The number of aromatic nitrogens is 1. The maximum atomic E-state index is 13.4. The van der Waals surface area contributed by atoms with Gasteiger partial charge in [0.1, 0.15) is 0 Å². The summed E-state index contributed by atoms with van der Waals surface area (Å²) in [6.45, 7) is 0. The van der Waals surface area contributed by atoms with E-state index in [-0.39, 0.29) is 5.69 Å². The van der Waals surface area contributed by atoms with Crippen LogP contribution in [-0.4, -0.2) is 13.4 Å². The summed E-state index contributed by atoms with van der Waals surface area (Å²) in [5.41, 5.74) is 0.826. The summed E-state index contributed by atoms with van der Waals surface area (Å²) in [6.07, 6.45) is 0. The summed E-state index contributed by atoms with van der Waals surface area (Å²) in [4.78, 5) is 2.39. The fraction of sp³-hybridized carbons (Fsp3) is 0. The van der Waals surface area contributed by atoms with Gasteiger partial charge >= 0.3 is 10.2 Å². The van der Waals surface area contributed by atoms with Crippen molar-refractivity contribution in [2.24, 2.45) is 0 Å². The maximum Gasteiger partial charge on any atom is 0.336 e. The van der Waals surface area contributed by atoms with Gasteiger partial charge in [-0.05, 0) is 24.3 Å². The van der Waals surface area contributed by atoms with Gasteiger partial charge in [-0.2, -0.15) is 12.8 Å². The second kappa shape index (κ2) is 4.74. The van der Waals surface area contributed by atoms with Crippen molar-refractivity contribution in [3.8, 4) is 11.3 Å². The average Bonchev–Trinajstić information content (AvgIpc) is 2.28. The van der Waals surface area contributed by atoms with E-state index in [1.165, 1.54) is 6.07 Å². The van der Waals surface area contributed by atoms with E-state index in [1.54, 1.807) is 24.3 Å². The van der Waals surface area contributed by atoms with Crippen LogP contribution in [0.15, 0.2) is 45.8 Å². The Kier molecular flexibility index (Phi) is 3.45. The normalized spacial score (nSPS) is 11.5. The zero-order valence-electron chi connectivity index (χ0n) is 8.77. The molecule has 0 saturated carbocycles. The highest BCUT2D eigenvalue weighted by Crippen LogP contribution is 2.23. The number of benzene rings is 1. The second-order valence-electron chi connectivity index (χ2n) is 3.43. The van der Waals surface area contributed by atoms with Crippen molar-refractivity contribution in [1.82, 2.24) is 4.98 Å². The SMILES string of the molecule is O=S(=O)(F)c1ccc(-c2ccc(Br)cc2)nc1F. The lowest BCUT2D eigenvalue weighted by molar-refractivity contribution is 0.518. The Labute approximate surface area is 111 Å². The quantitative estimate of drug-likeness (QED) is 0.625. The first-order valence-electron chi connectivity index (χ1n) is 4.75. The van der Waals surface area contributed by atoms with Crippen LogP contribution in [0.4, 0.5) is 8.28 Å². The van der Waals surface area contributed by atoms with Gasteiger partial charge in [0, 0.05) is 10.0 Å².